The fourth-order valence-corrected chi connectivity index (χ4v) is 4.11. The Morgan fingerprint density at radius 3 is 2.62 bits per heavy atom. The molecule has 0 saturated carbocycles. The fourth-order valence-electron chi connectivity index (χ4n) is 4.11. The molecule has 1 saturated heterocycles. The molecule has 0 aliphatic carbocycles. The van der Waals surface area contributed by atoms with Crippen molar-refractivity contribution in [3.63, 3.8) is 0 Å². The molecule has 1 aliphatic rings. The lowest BCUT2D eigenvalue weighted by Gasteiger charge is -2.28. The number of hydrogen-bond acceptors (Lipinski definition) is 5. The molecule has 2 N–H and O–H groups in total. The van der Waals surface area contributed by atoms with Crippen molar-refractivity contribution >= 4 is 29.4 Å². The molecular weight excluding hydrogens is 556 g/mol. The van der Waals surface area contributed by atoms with Crippen LogP contribution in [0.2, 0.25) is 0 Å². The summed E-state index contributed by atoms with van der Waals surface area (Å²) < 4.78 is 54.1. The minimum atomic E-state index is -4.70. The van der Waals surface area contributed by atoms with E-state index >= 15 is 0 Å². The lowest BCUT2D eigenvalue weighted by molar-refractivity contribution is -0.137. The number of benzene rings is 1. The summed E-state index contributed by atoms with van der Waals surface area (Å²) in [5.74, 6) is 3.72. The highest BCUT2D eigenvalue weighted by Crippen LogP contribution is 2.33. The van der Waals surface area contributed by atoms with Gasteiger partial charge in [0, 0.05) is 17.9 Å². The molecular formula is C29H24F4N6O3. The molecule has 4 amide bonds. The van der Waals surface area contributed by atoms with E-state index in [1.54, 1.807) is 18.2 Å². The van der Waals surface area contributed by atoms with Gasteiger partial charge in [-0.3, -0.25) is 19.4 Å². The van der Waals surface area contributed by atoms with Crippen molar-refractivity contribution in [2.75, 3.05) is 22.9 Å². The number of nitrogens with one attached hydrogen (secondary N) is 2. The van der Waals surface area contributed by atoms with E-state index in [2.05, 4.69) is 39.0 Å². The van der Waals surface area contributed by atoms with Gasteiger partial charge in [0.05, 0.1) is 24.3 Å². The van der Waals surface area contributed by atoms with E-state index in [0.29, 0.717) is 17.5 Å². The predicted molar refractivity (Wildman–Crippen MR) is 146 cm³/mol. The minimum absolute atomic E-state index is 0.00534. The van der Waals surface area contributed by atoms with Crippen LogP contribution in [0.1, 0.15) is 22.6 Å². The number of alkyl halides is 3. The van der Waals surface area contributed by atoms with Crippen LogP contribution in [-0.4, -0.2) is 46.9 Å². The predicted octanol–water partition coefficient (Wildman–Crippen LogP) is 3.73. The molecule has 0 unspecified atom stereocenters. The highest BCUT2D eigenvalue weighted by atomic mass is 19.4. The molecule has 0 bridgehead atoms. The topological polar surface area (TPSA) is 108 Å². The Labute approximate surface area is 238 Å². The van der Waals surface area contributed by atoms with Gasteiger partial charge < -0.3 is 10.6 Å². The second-order valence-corrected chi connectivity index (χ2v) is 9.06. The smallest absolute Gasteiger partial charge is 0.347 e. The molecule has 13 heteroatoms. The summed E-state index contributed by atoms with van der Waals surface area (Å²) in [6.07, 6.45) is -3.57. The zero-order valence-corrected chi connectivity index (χ0v) is 22.2. The van der Waals surface area contributed by atoms with E-state index in [0.717, 1.165) is 29.2 Å². The Kier molecular flexibility index (Phi) is 8.85. The van der Waals surface area contributed by atoms with E-state index in [1.165, 1.54) is 24.0 Å². The third-order valence-electron chi connectivity index (χ3n) is 6.07. The van der Waals surface area contributed by atoms with E-state index in [1.807, 2.05) is 0 Å². The van der Waals surface area contributed by atoms with Crippen molar-refractivity contribution in [3.05, 3.63) is 95.7 Å². The summed E-state index contributed by atoms with van der Waals surface area (Å²) >= 11 is 0. The lowest BCUT2D eigenvalue weighted by Crippen LogP contribution is -2.48. The van der Waals surface area contributed by atoms with Gasteiger partial charge in [0.1, 0.15) is 23.4 Å². The van der Waals surface area contributed by atoms with Gasteiger partial charge in [-0.1, -0.05) is 18.6 Å². The molecule has 216 valence electrons. The third kappa shape index (κ3) is 7.08. The van der Waals surface area contributed by atoms with Crippen LogP contribution in [0, 0.1) is 24.6 Å². The first-order chi connectivity index (χ1) is 20.0. The molecule has 3 aromatic rings. The van der Waals surface area contributed by atoms with Crippen molar-refractivity contribution in [2.24, 2.45) is 0 Å². The number of aryl methyl sites for hydroxylation is 1. The van der Waals surface area contributed by atoms with Crippen molar-refractivity contribution in [1.82, 2.24) is 20.6 Å². The van der Waals surface area contributed by atoms with Gasteiger partial charge in [-0.15, -0.1) is 0 Å². The first-order valence-electron chi connectivity index (χ1n) is 12.5. The van der Waals surface area contributed by atoms with Gasteiger partial charge >= 0.3 is 12.2 Å². The number of rotatable bonds is 7. The number of halogens is 4. The summed E-state index contributed by atoms with van der Waals surface area (Å²) in [6, 6.07) is 9.44. The number of pyridine rings is 2. The molecule has 1 atom stereocenters. The van der Waals surface area contributed by atoms with Crippen LogP contribution in [0.5, 0.6) is 0 Å². The van der Waals surface area contributed by atoms with Gasteiger partial charge in [0.25, 0.3) is 5.91 Å². The molecule has 9 nitrogen and oxygen atoms in total. The van der Waals surface area contributed by atoms with Crippen LogP contribution < -0.4 is 20.4 Å². The van der Waals surface area contributed by atoms with Crippen molar-refractivity contribution in [2.45, 2.75) is 25.7 Å². The zero-order valence-electron chi connectivity index (χ0n) is 22.2. The second-order valence-electron chi connectivity index (χ2n) is 9.06. The van der Waals surface area contributed by atoms with E-state index in [4.69, 9.17) is 0 Å². The van der Waals surface area contributed by atoms with Gasteiger partial charge in [-0.25, -0.2) is 19.2 Å². The SMILES string of the molecule is C=CC(=O)NCc1cccc(C#CCN(C(=O)[C@@H]2CNC(=O)N2c2cc(C(F)(F)F)cc(C)n2)c2ccc(F)cc2)n1. The number of carbonyl (C=O) groups is 3. The minimum Gasteiger partial charge on any atom is -0.347 e. The Balaban J connectivity index is 1.63. The summed E-state index contributed by atoms with van der Waals surface area (Å²) in [5.41, 5.74) is 0.104. The summed E-state index contributed by atoms with van der Waals surface area (Å²) in [6.45, 7) is 4.44. The Morgan fingerprint density at radius 2 is 1.93 bits per heavy atom. The average molecular weight is 581 g/mol. The largest absolute Gasteiger partial charge is 0.416 e. The van der Waals surface area contributed by atoms with Crippen molar-refractivity contribution in [3.8, 4) is 11.8 Å². The average Bonchev–Trinajstić information content (AvgIpc) is 3.35. The quantitative estimate of drug-likeness (QED) is 0.252. The Morgan fingerprint density at radius 1 is 1.19 bits per heavy atom. The summed E-state index contributed by atoms with van der Waals surface area (Å²) in [7, 11) is 0. The molecule has 3 heterocycles. The zero-order chi connectivity index (χ0) is 30.4. The highest BCUT2D eigenvalue weighted by Gasteiger charge is 2.41. The first kappa shape index (κ1) is 29.7. The van der Waals surface area contributed by atoms with E-state index < -0.39 is 35.5 Å². The molecule has 2 aromatic heterocycles. The molecule has 42 heavy (non-hydrogen) atoms. The van der Waals surface area contributed by atoms with Crippen molar-refractivity contribution < 1.29 is 31.9 Å². The maximum Gasteiger partial charge on any atom is 0.416 e. The lowest BCUT2D eigenvalue weighted by atomic mass is 10.1. The van der Waals surface area contributed by atoms with Crippen LogP contribution in [-0.2, 0) is 22.3 Å². The van der Waals surface area contributed by atoms with Crippen molar-refractivity contribution in [1.29, 1.82) is 0 Å². The number of amides is 4. The van der Waals surface area contributed by atoms with Crippen LogP contribution in [0.4, 0.5) is 33.9 Å². The Bertz CT molecular complexity index is 1580. The normalized spacial score (nSPS) is 14.5. The number of carbonyl (C=O) groups excluding carboxylic acids is 3. The molecule has 1 fully saturated rings. The number of anilines is 2. The maximum absolute atomic E-state index is 13.8. The van der Waals surface area contributed by atoms with Gasteiger partial charge in [-0.2, -0.15) is 13.2 Å². The fraction of sp³-hybridized carbons (Fsp3) is 0.207. The standard InChI is InChI=1S/C29H24F4N6O3/c1-3-26(40)34-16-22-7-4-6-21(37-22)8-5-13-38(23-11-9-20(30)10-12-23)27(41)24-17-35-28(42)39(24)25-15-19(29(31,32)33)14-18(2)36-25/h3-4,6-7,9-12,14-15,24H,1,13,16-17H2,2H3,(H,34,40)(H,35,42)/t24-/m0/s1. The first-order valence-corrected chi connectivity index (χ1v) is 12.5. The molecule has 4 rings (SSSR count). The molecule has 1 aliphatic heterocycles. The van der Waals surface area contributed by atoms with Gasteiger partial charge in [0.2, 0.25) is 5.91 Å². The number of hydrogen-bond donors (Lipinski definition) is 2. The highest BCUT2D eigenvalue weighted by molar-refractivity contribution is 6.08. The number of nitrogens with zero attached hydrogens (tertiary/aromatic N) is 4. The van der Waals surface area contributed by atoms with E-state index in [-0.39, 0.29) is 42.7 Å². The van der Waals surface area contributed by atoms with Crippen LogP contribution >= 0.6 is 0 Å². The Hall–Kier alpha value is -5.25. The second kappa shape index (κ2) is 12.5. The molecule has 0 spiro atoms. The van der Waals surface area contributed by atoms with Crippen LogP contribution in [0.15, 0.2) is 67.3 Å². The number of aromatic nitrogens is 2. The van der Waals surface area contributed by atoms with Gasteiger partial charge in [-0.05, 0) is 67.5 Å². The molecule has 0 radical (unpaired) electrons. The maximum atomic E-state index is 13.8. The van der Waals surface area contributed by atoms with Crippen LogP contribution in [0.3, 0.4) is 0 Å². The summed E-state index contributed by atoms with van der Waals surface area (Å²) in [4.78, 5) is 48.4. The van der Waals surface area contributed by atoms with E-state index in [9.17, 15) is 31.9 Å². The van der Waals surface area contributed by atoms with Gasteiger partial charge in [0.15, 0.2) is 0 Å². The number of urea groups is 1. The third-order valence-corrected chi connectivity index (χ3v) is 6.07. The molecule has 1 aromatic carbocycles. The monoisotopic (exact) mass is 580 g/mol. The van der Waals surface area contributed by atoms with Crippen LogP contribution in [0.25, 0.3) is 0 Å². The summed E-state index contributed by atoms with van der Waals surface area (Å²) in [5, 5.41) is 5.08.